The number of rotatable bonds is 14. The van der Waals surface area contributed by atoms with Gasteiger partial charge in [-0.3, -0.25) is 4.57 Å². The topological polar surface area (TPSA) is 35.5 Å². The van der Waals surface area contributed by atoms with Gasteiger partial charge in [-0.25, -0.2) is 0 Å². The molecule has 0 rings (SSSR count). The minimum atomic E-state index is -2.94. The molecule has 3 nitrogen and oxygen atoms in total. The van der Waals surface area contributed by atoms with Crippen LogP contribution in [0.1, 0.15) is 77.6 Å². The Bertz CT molecular complexity index is 269. The smallest absolute Gasteiger partial charge is 0.309 e. The van der Waals surface area contributed by atoms with Crippen molar-refractivity contribution in [1.82, 2.24) is 0 Å². The van der Waals surface area contributed by atoms with Crippen LogP contribution in [0.2, 0.25) is 0 Å². The molecule has 0 radical (unpaired) electrons. The van der Waals surface area contributed by atoms with Crippen molar-refractivity contribution in [3.05, 3.63) is 11.9 Å². The summed E-state index contributed by atoms with van der Waals surface area (Å²) >= 11 is 0. The molecule has 0 fully saturated rings. The molecule has 0 unspecified atom stereocenters. The lowest BCUT2D eigenvalue weighted by molar-refractivity contribution is 0.286. The van der Waals surface area contributed by atoms with Crippen LogP contribution in [0, 0.1) is 0 Å². The summed E-state index contributed by atoms with van der Waals surface area (Å²) in [5.41, 5.74) is 0. The van der Waals surface area contributed by atoms with Crippen LogP contribution >= 0.6 is 7.60 Å². The van der Waals surface area contributed by atoms with Crippen molar-refractivity contribution in [3.8, 4) is 0 Å². The van der Waals surface area contributed by atoms with Gasteiger partial charge in [-0.1, -0.05) is 70.8 Å². The predicted molar refractivity (Wildman–Crippen MR) is 87.2 cm³/mol. The van der Waals surface area contributed by atoms with Gasteiger partial charge in [-0.05, 0) is 12.8 Å². The zero-order valence-electron chi connectivity index (χ0n) is 13.6. The molecule has 0 aliphatic heterocycles. The molecule has 0 heterocycles. The maximum absolute atomic E-state index is 11.7. The van der Waals surface area contributed by atoms with Crippen LogP contribution in [0.3, 0.4) is 0 Å². The lowest BCUT2D eigenvalue weighted by atomic mass is 10.1. The van der Waals surface area contributed by atoms with Gasteiger partial charge in [-0.15, -0.1) is 0 Å². The second-order valence-corrected chi connectivity index (χ2v) is 7.37. The highest BCUT2D eigenvalue weighted by molar-refractivity contribution is 7.57. The van der Waals surface area contributed by atoms with E-state index < -0.39 is 7.60 Å². The van der Waals surface area contributed by atoms with E-state index in [0.29, 0.717) is 0 Å². The molecule has 0 aliphatic carbocycles. The summed E-state index contributed by atoms with van der Waals surface area (Å²) in [4.78, 5) is 0. The lowest BCUT2D eigenvalue weighted by Gasteiger charge is -2.07. The molecule has 120 valence electrons. The average molecular weight is 304 g/mol. The van der Waals surface area contributed by atoms with Crippen molar-refractivity contribution >= 4 is 7.60 Å². The fourth-order valence-electron chi connectivity index (χ4n) is 2.15. The first kappa shape index (κ1) is 19.9. The van der Waals surface area contributed by atoms with Crippen LogP contribution in [0.25, 0.3) is 0 Å². The first-order valence-electron chi connectivity index (χ1n) is 8.07. The largest absolute Gasteiger partial charge is 0.353 e. The molecule has 4 heteroatoms. The van der Waals surface area contributed by atoms with Crippen LogP contribution in [0.5, 0.6) is 0 Å². The summed E-state index contributed by atoms with van der Waals surface area (Å²) in [5.74, 6) is 1.57. The van der Waals surface area contributed by atoms with Gasteiger partial charge < -0.3 is 9.05 Å². The van der Waals surface area contributed by atoms with Crippen molar-refractivity contribution in [1.29, 1.82) is 0 Å². The second kappa shape index (κ2) is 13.9. The zero-order chi connectivity index (χ0) is 15.1. The van der Waals surface area contributed by atoms with E-state index in [1.165, 1.54) is 72.0 Å². The van der Waals surface area contributed by atoms with E-state index in [-0.39, 0.29) is 0 Å². The van der Waals surface area contributed by atoms with Gasteiger partial charge in [0.2, 0.25) is 0 Å². The maximum atomic E-state index is 11.7. The third-order valence-electron chi connectivity index (χ3n) is 3.52. The second-order valence-electron chi connectivity index (χ2n) is 5.26. The molecule has 20 heavy (non-hydrogen) atoms. The zero-order valence-corrected chi connectivity index (χ0v) is 14.5. The third-order valence-corrected chi connectivity index (χ3v) is 5.12. The Labute approximate surface area is 125 Å². The van der Waals surface area contributed by atoms with Gasteiger partial charge in [0.25, 0.3) is 0 Å². The number of hydrogen-bond acceptors (Lipinski definition) is 3. The highest BCUT2D eigenvalue weighted by Crippen LogP contribution is 2.47. The third kappa shape index (κ3) is 11.7. The summed E-state index contributed by atoms with van der Waals surface area (Å²) in [6, 6.07) is 0. The van der Waals surface area contributed by atoms with E-state index in [1.807, 2.05) is 6.08 Å². The maximum Gasteiger partial charge on any atom is 0.353 e. The van der Waals surface area contributed by atoms with E-state index >= 15 is 0 Å². The molecule has 0 spiro atoms. The highest BCUT2D eigenvalue weighted by atomic mass is 31.2. The van der Waals surface area contributed by atoms with Gasteiger partial charge in [0, 0.05) is 20.0 Å². The van der Waals surface area contributed by atoms with Crippen molar-refractivity contribution in [2.24, 2.45) is 0 Å². The molecule has 0 aromatic carbocycles. The SMILES string of the molecule is CCCCCCCCCCCCC=CP(=O)(OC)OC. The number of allylic oxidation sites excluding steroid dienone is 1. The standard InChI is InChI=1S/C16H33O3P/c1-4-5-6-7-8-9-10-11-12-13-14-15-16-20(17,18-2)19-3/h15-16H,4-14H2,1-3H3. The first-order chi connectivity index (χ1) is 9.68. The number of hydrogen-bond donors (Lipinski definition) is 0. The van der Waals surface area contributed by atoms with Crippen LogP contribution in [-0.4, -0.2) is 14.2 Å². The van der Waals surface area contributed by atoms with Gasteiger partial charge in [-0.2, -0.15) is 0 Å². The Kier molecular flexibility index (Phi) is 13.8. The molecule has 0 amide bonds. The van der Waals surface area contributed by atoms with Crippen LogP contribution in [0.4, 0.5) is 0 Å². The van der Waals surface area contributed by atoms with Gasteiger partial charge in [0.15, 0.2) is 0 Å². The molecular formula is C16H33O3P. The first-order valence-corrected chi connectivity index (χ1v) is 9.68. The summed E-state index contributed by atoms with van der Waals surface area (Å²) < 4.78 is 21.4. The Morgan fingerprint density at radius 1 is 0.800 bits per heavy atom. The summed E-state index contributed by atoms with van der Waals surface area (Å²) in [5, 5.41) is 0. The van der Waals surface area contributed by atoms with Crippen molar-refractivity contribution in [2.45, 2.75) is 77.6 Å². The van der Waals surface area contributed by atoms with Crippen molar-refractivity contribution in [2.75, 3.05) is 14.2 Å². The van der Waals surface area contributed by atoms with Gasteiger partial charge >= 0.3 is 7.60 Å². The minimum absolute atomic E-state index is 0.952. The number of unbranched alkanes of at least 4 members (excludes halogenated alkanes) is 10. The molecule has 0 aromatic rings. The Balaban J connectivity index is 3.32. The molecule has 0 atom stereocenters. The Morgan fingerprint density at radius 3 is 1.70 bits per heavy atom. The van der Waals surface area contributed by atoms with Crippen LogP contribution in [-0.2, 0) is 13.6 Å². The fourth-order valence-corrected chi connectivity index (χ4v) is 2.95. The predicted octanol–water partition coefficient (Wildman–Crippen LogP) is 6.30. The lowest BCUT2D eigenvalue weighted by Crippen LogP contribution is -1.84. The monoisotopic (exact) mass is 304 g/mol. The molecule has 0 N–H and O–H groups in total. The quantitative estimate of drug-likeness (QED) is 0.279. The summed E-state index contributed by atoms with van der Waals surface area (Å²) in [7, 11) is -0.118. The molecule has 0 aromatic heterocycles. The van der Waals surface area contributed by atoms with E-state index in [0.717, 1.165) is 12.8 Å². The van der Waals surface area contributed by atoms with E-state index in [4.69, 9.17) is 9.05 Å². The van der Waals surface area contributed by atoms with Crippen LogP contribution in [0.15, 0.2) is 11.9 Å². The van der Waals surface area contributed by atoms with Crippen LogP contribution < -0.4 is 0 Å². The minimum Gasteiger partial charge on any atom is -0.309 e. The Morgan fingerprint density at radius 2 is 1.25 bits per heavy atom. The molecule has 0 aliphatic rings. The average Bonchev–Trinajstić information content (AvgIpc) is 2.48. The van der Waals surface area contributed by atoms with Crippen molar-refractivity contribution < 1.29 is 13.6 Å². The molecular weight excluding hydrogens is 271 g/mol. The van der Waals surface area contributed by atoms with E-state index in [9.17, 15) is 4.57 Å². The molecule has 0 bridgehead atoms. The summed E-state index contributed by atoms with van der Waals surface area (Å²) in [6.07, 6.45) is 16.2. The Hall–Kier alpha value is -0.110. The van der Waals surface area contributed by atoms with Gasteiger partial charge in [0.05, 0.1) is 0 Å². The molecule has 0 saturated carbocycles. The fraction of sp³-hybridized carbons (Fsp3) is 0.875. The molecule has 0 saturated heterocycles. The normalized spacial score (nSPS) is 12.3. The summed E-state index contributed by atoms with van der Waals surface area (Å²) in [6.45, 7) is 2.26. The van der Waals surface area contributed by atoms with Crippen molar-refractivity contribution in [3.63, 3.8) is 0 Å². The highest BCUT2D eigenvalue weighted by Gasteiger charge is 2.14. The van der Waals surface area contributed by atoms with Gasteiger partial charge in [0.1, 0.15) is 0 Å². The van der Waals surface area contributed by atoms with E-state index in [2.05, 4.69) is 6.92 Å². The van der Waals surface area contributed by atoms with E-state index in [1.54, 1.807) is 5.82 Å².